The molecule has 1 rings (SSSR count). The van der Waals surface area contributed by atoms with Gasteiger partial charge in [0.25, 0.3) is 0 Å². The monoisotopic (exact) mass is 199 g/mol. The largest absolute Gasteiger partial charge is 0.316 e. The molecule has 0 saturated carbocycles. The summed E-state index contributed by atoms with van der Waals surface area (Å²) in [5, 5.41) is 3.53. The Morgan fingerprint density at radius 1 is 1.38 bits per heavy atom. The number of nitrogens with one attached hydrogen (secondary N) is 1. The summed E-state index contributed by atoms with van der Waals surface area (Å²) in [5.74, 6) is 3.70. The quantitative estimate of drug-likeness (QED) is 0.521. The van der Waals surface area contributed by atoms with Crippen molar-refractivity contribution in [2.45, 2.75) is 25.7 Å². The lowest BCUT2D eigenvalue weighted by Gasteiger charge is -2.21. The van der Waals surface area contributed by atoms with Crippen LogP contribution in [0.1, 0.15) is 25.7 Å². The first kappa shape index (κ1) is 11.1. The highest BCUT2D eigenvalue weighted by molar-refractivity contribution is 7.99. The van der Waals surface area contributed by atoms with Crippen molar-refractivity contribution in [1.82, 2.24) is 5.32 Å². The van der Waals surface area contributed by atoms with Crippen LogP contribution in [0.4, 0.5) is 0 Å². The molecule has 1 aliphatic heterocycles. The fourth-order valence-corrected chi connectivity index (χ4v) is 2.83. The Hall–Kier alpha value is 0.0500. The molecule has 0 bridgehead atoms. The van der Waals surface area contributed by atoms with E-state index < -0.39 is 0 Å². The smallest absolute Gasteiger partial charge is 0.00199 e. The Labute approximate surface area is 86.4 Å². The highest BCUT2D eigenvalue weighted by Gasteiger charge is 2.12. The van der Waals surface area contributed by atoms with E-state index in [0.29, 0.717) is 0 Å². The van der Waals surface area contributed by atoms with Crippen LogP contribution in [0.25, 0.3) is 0 Å². The zero-order chi connectivity index (χ0) is 9.36. The van der Waals surface area contributed by atoms with Crippen LogP contribution in [0, 0.1) is 5.92 Å². The number of hydrogen-bond acceptors (Lipinski definition) is 2. The predicted molar refractivity (Wildman–Crippen MR) is 62.3 cm³/mol. The fourth-order valence-electron chi connectivity index (χ4n) is 1.63. The third-order valence-electron chi connectivity index (χ3n) is 2.54. The lowest BCUT2D eigenvalue weighted by atomic mass is 10.0. The molecule has 1 heterocycles. The van der Waals surface area contributed by atoms with Crippen LogP contribution in [-0.2, 0) is 0 Å². The van der Waals surface area contributed by atoms with Gasteiger partial charge in [0.05, 0.1) is 0 Å². The van der Waals surface area contributed by atoms with Crippen LogP contribution in [0.3, 0.4) is 0 Å². The van der Waals surface area contributed by atoms with Crippen molar-refractivity contribution in [1.29, 1.82) is 0 Å². The van der Waals surface area contributed by atoms with E-state index >= 15 is 0 Å². The van der Waals surface area contributed by atoms with Crippen molar-refractivity contribution in [2.24, 2.45) is 5.92 Å². The minimum Gasteiger partial charge on any atom is -0.316 e. The van der Waals surface area contributed by atoms with E-state index in [4.69, 9.17) is 0 Å². The van der Waals surface area contributed by atoms with E-state index in [1.807, 2.05) is 6.08 Å². The van der Waals surface area contributed by atoms with Gasteiger partial charge < -0.3 is 5.32 Å². The van der Waals surface area contributed by atoms with Crippen LogP contribution in [0.5, 0.6) is 0 Å². The van der Waals surface area contributed by atoms with E-state index in [1.54, 1.807) is 0 Å². The minimum absolute atomic E-state index is 0.949. The van der Waals surface area contributed by atoms with Crippen LogP contribution in [0.15, 0.2) is 12.7 Å². The molecule has 1 fully saturated rings. The van der Waals surface area contributed by atoms with Gasteiger partial charge in [-0.3, -0.25) is 0 Å². The highest BCUT2D eigenvalue weighted by Crippen LogP contribution is 2.21. The van der Waals surface area contributed by atoms with E-state index in [0.717, 1.165) is 18.9 Å². The van der Waals surface area contributed by atoms with E-state index in [-0.39, 0.29) is 0 Å². The first-order valence-electron chi connectivity index (χ1n) is 5.33. The van der Waals surface area contributed by atoms with Crippen LogP contribution in [0.2, 0.25) is 0 Å². The molecule has 0 aliphatic carbocycles. The summed E-state index contributed by atoms with van der Waals surface area (Å²) in [6.45, 7) is 6.11. The lowest BCUT2D eigenvalue weighted by molar-refractivity contribution is 0.446. The molecule has 0 amide bonds. The van der Waals surface area contributed by atoms with Gasteiger partial charge in [-0.05, 0) is 56.2 Å². The molecule has 13 heavy (non-hydrogen) atoms. The molecule has 0 aromatic carbocycles. The Balaban J connectivity index is 1.89. The van der Waals surface area contributed by atoms with Gasteiger partial charge in [0, 0.05) is 0 Å². The maximum Gasteiger partial charge on any atom is -0.00199 e. The fraction of sp³-hybridized carbons (Fsp3) is 0.818. The topological polar surface area (TPSA) is 12.0 Å². The van der Waals surface area contributed by atoms with Gasteiger partial charge in [0.15, 0.2) is 0 Å². The van der Waals surface area contributed by atoms with Gasteiger partial charge in [-0.15, -0.1) is 6.58 Å². The zero-order valence-corrected chi connectivity index (χ0v) is 9.24. The van der Waals surface area contributed by atoms with Gasteiger partial charge in [0.2, 0.25) is 0 Å². The van der Waals surface area contributed by atoms with Crippen molar-refractivity contribution >= 4 is 11.8 Å². The summed E-state index contributed by atoms with van der Waals surface area (Å²) in [6.07, 6.45) is 7.22. The van der Waals surface area contributed by atoms with E-state index in [2.05, 4.69) is 23.7 Å². The normalized spacial score (nSPS) is 18.8. The molecular weight excluding hydrogens is 178 g/mol. The first-order valence-corrected chi connectivity index (χ1v) is 6.48. The summed E-state index contributed by atoms with van der Waals surface area (Å²) in [6, 6.07) is 0. The van der Waals surface area contributed by atoms with Gasteiger partial charge in [-0.2, -0.15) is 11.8 Å². The highest BCUT2D eigenvalue weighted by atomic mass is 32.2. The third kappa shape index (κ3) is 5.37. The van der Waals surface area contributed by atoms with E-state index in [9.17, 15) is 0 Å². The molecule has 1 saturated heterocycles. The maximum absolute atomic E-state index is 3.72. The van der Waals surface area contributed by atoms with Crippen molar-refractivity contribution in [3.63, 3.8) is 0 Å². The second-order valence-corrected chi connectivity index (χ2v) is 4.92. The molecule has 0 aromatic heterocycles. The summed E-state index contributed by atoms with van der Waals surface area (Å²) >= 11 is 2.10. The van der Waals surface area contributed by atoms with Gasteiger partial charge in [0.1, 0.15) is 0 Å². The van der Waals surface area contributed by atoms with Crippen molar-refractivity contribution in [3.05, 3.63) is 12.7 Å². The summed E-state index contributed by atoms with van der Waals surface area (Å²) < 4.78 is 0. The number of unbranched alkanes of at least 4 members (excludes halogenated alkanes) is 1. The Kier molecular flexibility index (Phi) is 6.38. The Morgan fingerprint density at radius 3 is 2.85 bits per heavy atom. The van der Waals surface area contributed by atoms with Gasteiger partial charge in [-0.25, -0.2) is 0 Å². The molecule has 0 spiro atoms. The average molecular weight is 199 g/mol. The van der Waals surface area contributed by atoms with E-state index in [1.165, 1.54) is 37.3 Å². The van der Waals surface area contributed by atoms with Gasteiger partial charge >= 0.3 is 0 Å². The molecular formula is C11H21NS. The van der Waals surface area contributed by atoms with Crippen molar-refractivity contribution in [2.75, 3.05) is 24.6 Å². The summed E-state index contributed by atoms with van der Waals surface area (Å²) in [5.41, 5.74) is 0. The molecule has 1 aliphatic rings. The zero-order valence-electron chi connectivity index (χ0n) is 8.43. The third-order valence-corrected chi connectivity index (χ3v) is 3.58. The second kappa shape index (κ2) is 7.45. The summed E-state index contributed by atoms with van der Waals surface area (Å²) in [7, 11) is 0. The number of thioether (sulfide) groups is 1. The second-order valence-electron chi connectivity index (χ2n) is 3.69. The summed E-state index contributed by atoms with van der Waals surface area (Å²) in [4.78, 5) is 0. The number of rotatable bonds is 6. The molecule has 0 atom stereocenters. The SMILES string of the molecule is C=CCCCNCC1CCSCC1. The predicted octanol–water partition coefficient (Wildman–Crippen LogP) is 2.69. The molecule has 0 radical (unpaired) electrons. The molecule has 1 nitrogen and oxygen atoms in total. The van der Waals surface area contributed by atoms with Crippen LogP contribution >= 0.6 is 11.8 Å². The lowest BCUT2D eigenvalue weighted by Crippen LogP contribution is -2.26. The average Bonchev–Trinajstić information content (AvgIpc) is 2.19. The number of allylic oxidation sites excluding steroid dienone is 1. The molecule has 0 aromatic rings. The standard InChI is InChI=1S/C11H21NS/c1-2-3-4-7-12-10-11-5-8-13-9-6-11/h2,11-12H,1,3-10H2. The van der Waals surface area contributed by atoms with Crippen molar-refractivity contribution in [3.8, 4) is 0 Å². The van der Waals surface area contributed by atoms with Crippen molar-refractivity contribution < 1.29 is 0 Å². The molecule has 1 N–H and O–H groups in total. The first-order chi connectivity index (χ1) is 6.43. The Bertz CT molecular complexity index is 130. The Morgan fingerprint density at radius 2 is 2.15 bits per heavy atom. The van der Waals surface area contributed by atoms with Crippen LogP contribution < -0.4 is 5.32 Å². The minimum atomic E-state index is 0.949. The van der Waals surface area contributed by atoms with Crippen LogP contribution in [-0.4, -0.2) is 24.6 Å². The number of hydrogen-bond donors (Lipinski definition) is 1. The molecule has 0 unspecified atom stereocenters. The van der Waals surface area contributed by atoms with Gasteiger partial charge in [-0.1, -0.05) is 6.08 Å². The molecule has 2 heteroatoms. The molecule has 76 valence electrons. The maximum atomic E-state index is 3.72.